The van der Waals surface area contributed by atoms with Gasteiger partial charge in [0.25, 0.3) is 0 Å². The van der Waals surface area contributed by atoms with Crippen LogP contribution in [0.15, 0.2) is 16.7 Å². The second-order valence-corrected chi connectivity index (χ2v) is 4.83. The Morgan fingerprint density at radius 1 is 0.941 bits per heavy atom. The van der Waals surface area contributed by atoms with Crippen LogP contribution in [0, 0.1) is 6.92 Å². The molecular weight excluding hydrogens is 212 g/mol. The lowest BCUT2D eigenvalue weighted by Crippen LogP contribution is -1.87. The maximum atomic E-state index is 8.64. The van der Waals surface area contributed by atoms with Crippen LogP contribution >= 0.6 is 0 Å². The zero-order valence-corrected chi connectivity index (χ0v) is 11.1. The molecule has 1 N–H and O–H groups in total. The monoisotopic (exact) mass is 238 g/mol. The molecule has 1 heterocycles. The van der Waals surface area contributed by atoms with Crippen molar-refractivity contribution < 1.29 is 9.52 Å². The third kappa shape index (κ3) is 6.52. The summed E-state index contributed by atoms with van der Waals surface area (Å²) >= 11 is 0. The third-order valence-corrected chi connectivity index (χ3v) is 3.28. The Balaban J connectivity index is 1.86. The van der Waals surface area contributed by atoms with Crippen molar-refractivity contribution >= 4 is 0 Å². The highest BCUT2D eigenvalue weighted by Gasteiger charge is 2.00. The minimum atomic E-state index is 0.350. The second-order valence-electron chi connectivity index (χ2n) is 4.83. The van der Waals surface area contributed by atoms with Gasteiger partial charge in [0.05, 0.1) is 6.26 Å². The van der Waals surface area contributed by atoms with Gasteiger partial charge in [-0.05, 0) is 31.4 Å². The van der Waals surface area contributed by atoms with E-state index in [2.05, 4.69) is 6.92 Å². The zero-order valence-electron chi connectivity index (χ0n) is 11.1. The smallest absolute Gasteiger partial charge is 0.106 e. The zero-order chi connectivity index (χ0) is 12.3. The molecule has 0 bridgehead atoms. The van der Waals surface area contributed by atoms with Crippen molar-refractivity contribution in [2.75, 3.05) is 6.61 Å². The summed E-state index contributed by atoms with van der Waals surface area (Å²) in [6.45, 7) is 2.46. The number of unbranched alkanes of at least 4 members (excludes halogenated alkanes) is 7. The summed E-state index contributed by atoms with van der Waals surface area (Å²) in [5.41, 5.74) is 1.29. The average Bonchev–Trinajstić information content (AvgIpc) is 2.73. The number of aliphatic hydroxyl groups excluding tert-OH is 1. The largest absolute Gasteiger partial charge is 0.469 e. The Morgan fingerprint density at radius 3 is 2.06 bits per heavy atom. The van der Waals surface area contributed by atoms with Gasteiger partial charge in [-0.1, -0.05) is 38.5 Å². The van der Waals surface area contributed by atoms with Crippen LogP contribution in [-0.2, 0) is 6.42 Å². The summed E-state index contributed by atoms with van der Waals surface area (Å²) in [5.74, 6) is 1.16. The predicted octanol–water partition coefficient (Wildman–Crippen LogP) is 4.24. The Morgan fingerprint density at radius 2 is 1.53 bits per heavy atom. The van der Waals surface area contributed by atoms with Crippen molar-refractivity contribution in [3.63, 3.8) is 0 Å². The molecule has 0 aliphatic heterocycles. The highest BCUT2D eigenvalue weighted by molar-refractivity contribution is 5.14. The van der Waals surface area contributed by atoms with E-state index >= 15 is 0 Å². The Bertz CT molecular complexity index is 278. The van der Waals surface area contributed by atoms with Crippen LogP contribution in [0.1, 0.15) is 62.7 Å². The van der Waals surface area contributed by atoms with E-state index < -0.39 is 0 Å². The fourth-order valence-electron chi connectivity index (χ4n) is 2.12. The normalized spacial score (nSPS) is 10.9. The van der Waals surface area contributed by atoms with Gasteiger partial charge in [0.1, 0.15) is 5.76 Å². The fourth-order valence-corrected chi connectivity index (χ4v) is 2.12. The number of furan rings is 1. The number of rotatable bonds is 10. The SMILES string of the molecule is Cc1ccoc1CCCCCCCCCCO. The molecule has 1 aromatic heterocycles. The minimum Gasteiger partial charge on any atom is -0.469 e. The summed E-state index contributed by atoms with van der Waals surface area (Å²) in [5, 5.41) is 8.64. The lowest BCUT2D eigenvalue weighted by atomic mass is 10.1. The highest BCUT2D eigenvalue weighted by Crippen LogP contribution is 2.14. The first-order valence-electron chi connectivity index (χ1n) is 6.98. The van der Waals surface area contributed by atoms with Crippen molar-refractivity contribution in [2.45, 2.75) is 64.7 Å². The molecule has 2 heteroatoms. The van der Waals surface area contributed by atoms with Crippen LogP contribution in [0.5, 0.6) is 0 Å². The van der Waals surface area contributed by atoms with Crippen molar-refractivity contribution in [3.8, 4) is 0 Å². The summed E-state index contributed by atoms with van der Waals surface area (Å²) in [6.07, 6.45) is 12.8. The molecule has 0 fully saturated rings. The van der Waals surface area contributed by atoms with E-state index in [0.29, 0.717) is 6.61 Å². The lowest BCUT2D eigenvalue weighted by Gasteiger charge is -2.01. The number of hydrogen-bond donors (Lipinski definition) is 1. The van der Waals surface area contributed by atoms with E-state index in [9.17, 15) is 0 Å². The Hall–Kier alpha value is -0.760. The summed E-state index contributed by atoms with van der Waals surface area (Å²) in [7, 11) is 0. The van der Waals surface area contributed by atoms with E-state index in [1.165, 1.54) is 50.5 Å². The Labute approximate surface area is 105 Å². The van der Waals surface area contributed by atoms with E-state index in [4.69, 9.17) is 9.52 Å². The van der Waals surface area contributed by atoms with Crippen LogP contribution in [0.2, 0.25) is 0 Å². The van der Waals surface area contributed by atoms with E-state index in [1.54, 1.807) is 6.26 Å². The molecule has 0 saturated heterocycles. The molecule has 17 heavy (non-hydrogen) atoms. The van der Waals surface area contributed by atoms with Crippen LogP contribution in [0.4, 0.5) is 0 Å². The van der Waals surface area contributed by atoms with Crippen LogP contribution in [0.3, 0.4) is 0 Å². The van der Waals surface area contributed by atoms with Gasteiger partial charge >= 0.3 is 0 Å². The molecule has 0 radical (unpaired) electrons. The van der Waals surface area contributed by atoms with Crippen molar-refractivity contribution in [3.05, 3.63) is 23.7 Å². The van der Waals surface area contributed by atoms with Gasteiger partial charge in [-0.25, -0.2) is 0 Å². The molecule has 0 aromatic carbocycles. The second kappa shape index (κ2) is 9.29. The van der Waals surface area contributed by atoms with E-state index in [1.807, 2.05) is 6.07 Å². The standard InChI is InChI=1S/C15H26O2/c1-14-11-13-17-15(14)10-8-6-4-2-3-5-7-9-12-16/h11,13,16H,2-10,12H2,1H3. The number of aliphatic hydroxyl groups is 1. The lowest BCUT2D eigenvalue weighted by molar-refractivity contribution is 0.282. The van der Waals surface area contributed by atoms with Crippen molar-refractivity contribution in [1.82, 2.24) is 0 Å². The minimum absolute atomic E-state index is 0.350. The predicted molar refractivity (Wildman–Crippen MR) is 71.2 cm³/mol. The van der Waals surface area contributed by atoms with Gasteiger partial charge in [-0.3, -0.25) is 0 Å². The van der Waals surface area contributed by atoms with Gasteiger partial charge in [-0.15, -0.1) is 0 Å². The summed E-state index contributed by atoms with van der Waals surface area (Å²) in [4.78, 5) is 0. The fraction of sp³-hybridized carbons (Fsp3) is 0.733. The molecule has 0 saturated carbocycles. The first kappa shape index (κ1) is 14.3. The molecule has 1 rings (SSSR count). The van der Waals surface area contributed by atoms with Crippen LogP contribution in [-0.4, -0.2) is 11.7 Å². The topological polar surface area (TPSA) is 33.4 Å². The summed E-state index contributed by atoms with van der Waals surface area (Å²) in [6, 6.07) is 2.04. The molecule has 0 unspecified atom stereocenters. The Kier molecular flexibility index (Phi) is 7.81. The number of hydrogen-bond acceptors (Lipinski definition) is 2. The third-order valence-electron chi connectivity index (χ3n) is 3.28. The van der Waals surface area contributed by atoms with Crippen LogP contribution < -0.4 is 0 Å². The molecule has 1 aromatic rings. The molecule has 2 nitrogen and oxygen atoms in total. The van der Waals surface area contributed by atoms with Crippen molar-refractivity contribution in [1.29, 1.82) is 0 Å². The maximum absolute atomic E-state index is 8.64. The molecule has 98 valence electrons. The molecular formula is C15H26O2. The van der Waals surface area contributed by atoms with E-state index in [0.717, 1.165) is 18.6 Å². The molecule has 0 aliphatic rings. The van der Waals surface area contributed by atoms with E-state index in [-0.39, 0.29) is 0 Å². The van der Waals surface area contributed by atoms with Gasteiger partial charge in [0, 0.05) is 13.0 Å². The highest BCUT2D eigenvalue weighted by atomic mass is 16.3. The van der Waals surface area contributed by atoms with Gasteiger partial charge in [0.15, 0.2) is 0 Å². The quantitative estimate of drug-likeness (QED) is 0.618. The van der Waals surface area contributed by atoms with Crippen molar-refractivity contribution in [2.24, 2.45) is 0 Å². The first-order chi connectivity index (χ1) is 8.34. The summed E-state index contributed by atoms with van der Waals surface area (Å²) < 4.78 is 5.41. The van der Waals surface area contributed by atoms with Gasteiger partial charge in [-0.2, -0.15) is 0 Å². The molecule has 0 atom stereocenters. The van der Waals surface area contributed by atoms with Gasteiger partial charge < -0.3 is 9.52 Å². The van der Waals surface area contributed by atoms with Gasteiger partial charge in [0.2, 0.25) is 0 Å². The average molecular weight is 238 g/mol. The first-order valence-corrected chi connectivity index (χ1v) is 6.98. The molecule has 0 aliphatic carbocycles. The molecule has 0 amide bonds. The number of aryl methyl sites for hydroxylation is 2. The molecule has 0 spiro atoms. The van der Waals surface area contributed by atoms with Crippen LogP contribution in [0.25, 0.3) is 0 Å². The maximum Gasteiger partial charge on any atom is 0.106 e.